The molecule has 25 heavy (non-hydrogen) atoms. The number of ether oxygens (including phenoxy) is 1. The molecule has 3 N–H and O–H groups in total. The quantitative estimate of drug-likeness (QED) is 0.732. The first-order valence-corrected chi connectivity index (χ1v) is 8.06. The molecule has 0 bridgehead atoms. The largest absolute Gasteiger partial charge is 0.494 e. The van der Waals surface area contributed by atoms with Crippen molar-refractivity contribution in [3.05, 3.63) is 47.5 Å². The number of hydrogen-bond donors (Lipinski definition) is 3. The lowest BCUT2D eigenvalue weighted by molar-refractivity contribution is -0.116. The maximum Gasteiger partial charge on any atom is 0.246 e. The van der Waals surface area contributed by atoms with Crippen molar-refractivity contribution < 1.29 is 14.3 Å². The molecule has 132 valence electrons. The summed E-state index contributed by atoms with van der Waals surface area (Å²) in [5, 5.41) is 9.02. The van der Waals surface area contributed by atoms with Crippen molar-refractivity contribution >= 4 is 40.5 Å². The normalized spacial score (nSPS) is 11.4. The second kappa shape index (κ2) is 8.39. The van der Waals surface area contributed by atoms with Gasteiger partial charge < -0.3 is 20.7 Å². The van der Waals surface area contributed by atoms with E-state index in [4.69, 9.17) is 16.3 Å². The van der Waals surface area contributed by atoms with E-state index < -0.39 is 6.04 Å². The summed E-state index contributed by atoms with van der Waals surface area (Å²) in [5.41, 5.74) is 1.81. The van der Waals surface area contributed by atoms with E-state index in [-0.39, 0.29) is 11.8 Å². The molecule has 0 saturated carbocycles. The van der Waals surface area contributed by atoms with Gasteiger partial charge in [-0.3, -0.25) is 9.59 Å². The molecule has 0 aliphatic rings. The van der Waals surface area contributed by atoms with Crippen LogP contribution in [-0.2, 0) is 9.59 Å². The SMILES string of the molecule is COc1cc(NC(C)C(=O)Nc2ccccc2Cl)ccc1NC(C)=O. The molecule has 0 fully saturated rings. The van der Waals surface area contributed by atoms with Gasteiger partial charge in [-0.25, -0.2) is 0 Å². The van der Waals surface area contributed by atoms with Gasteiger partial charge in [0.15, 0.2) is 0 Å². The maximum absolute atomic E-state index is 12.3. The van der Waals surface area contributed by atoms with Gasteiger partial charge in [0.2, 0.25) is 11.8 Å². The van der Waals surface area contributed by atoms with E-state index in [1.165, 1.54) is 14.0 Å². The van der Waals surface area contributed by atoms with Crippen LogP contribution in [0, 0.1) is 0 Å². The van der Waals surface area contributed by atoms with Crippen LogP contribution < -0.4 is 20.7 Å². The summed E-state index contributed by atoms with van der Waals surface area (Å²) >= 11 is 6.05. The van der Waals surface area contributed by atoms with Crippen LogP contribution in [-0.4, -0.2) is 25.0 Å². The highest BCUT2D eigenvalue weighted by Gasteiger charge is 2.15. The molecular weight excluding hydrogens is 342 g/mol. The van der Waals surface area contributed by atoms with E-state index in [9.17, 15) is 9.59 Å². The monoisotopic (exact) mass is 361 g/mol. The van der Waals surface area contributed by atoms with Gasteiger partial charge in [0.25, 0.3) is 0 Å². The van der Waals surface area contributed by atoms with Crippen LogP contribution in [0.25, 0.3) is 0 Å². The van der Waals surface area contributed by atoms with Gasteiger partial charge in [-0.1, -0.05) is 23.7 Å². The third-order valence-corrected chi connectivity index (χ3v) is 3.75. The number of hydrogen-bond acceptors (Lipinski definition) is 4. The Morgan fingerprint density at radius 2 is 1.80 bits per heavy atom. The predicted octanol–water partition coefficient (Wildman–Crippen LogP) is 3.75. The highest BCUT2D eigenvalue weighted by atomic mass is 35.5. The fraction of sp³-hybridized carbons (Fsp3) is 0.222. The zero-order chi connectivity index (χ0) is 18.4. The molecule has 6 nitrogen and oxygen atoms in total. The Balaban J connectivity index is 2.06. The smallest absolute Gasteiger partial charge is 0.246 e. The summed E-state index contributed by atoms with van der Waals surface area (Å²) in [5.74, 6) is 0.0865. The summed E-state index contributed by atoms with van der Waals surface area (Å²) < 4.78 is 5.27. The van der Waals surface area contributed by atoms with Crippen LogP contribution in [0.15, 0.2) is 42.5 Å². The highest BCUT2D eigenvalue weighted by Crippen LogP contribution is 2.28. The highest BCUT2D eigenvalue weighted by molar-refractivity contribution is 6.33. The fourth-order valence-electron chi connectivity index (χ4n) is 2.19. The Labute approximate surface area is 151 Å². The number of carbonyl (C=O) groups is 2. The van der Waals surface area contributed by atoms with Crippen LogP contribution in [0.1, 0.15) is 13.8 Å². The van der Waals surface area contributed by atoms with Crippen molar-refractivity contribution in [1.82, 2.24) is 0 Å². The summed E-state index contributed by atoms with van der Waals surface area (Å²) in [6.07, 6.45) is 0. The molecule has 2 aromatic carbocycles. The van der Waals surface area contributed by atoms with Crippen LogP contribution in [0.3, 0.4) is 0 Å². The molecule has 7 heteroatoms. The summed E-state index contributed by atoms with van der Waals surface area (Å²) in [4.78, 5) is 23.5. The lowest BCUT2D eigenvalue weighted by Crippen LogP contribution is -2.31. The topological polar surface area (TPSA) is 79.5 Å². The standard InChI is InChI=1S/C18H20ClN3O3/c1-11(18(24)22-15-7-5-4-6-14(15)19)20-13-8-9-16(21-12(2)23)17(10-13)25-3/h4-11,20H,1-3H3,(H,21,23)(H,22,24). The van der Waals surface area contributed by atoms with Crippen molar-refractivity contribution in [1.29, 1.82) is 0 Å². The van der Waals surface area contributed by atoms with Crippen molar-refractivity contribution in [3.63, 3.8) is 0 Å². The summed E-state index contributed by atoms with van der Waals surface area (Å²) in [6, 6.07) is 11.7. The molecule has 0 spiro atoms. The van der Waals surface area contributed by atoms with E-state index in [2.05, 4.69) is 16.0 Å². The number of nitrogens with one attached hydrogen (secondary N) is 3. The lowest BCUT2D eigenvalue weighted by Gasteiger charge is -2.17. The Kier molecular flexibility index (Phi) is 6.25. The molecule has 2 aromatic rings. The second-order valence-electron chi connectivity index (χ2n) is 5.43. The van der Waals surface area contributed by atoms with Crippen molar-refractivity contribution in [2.45, 2.75) is 19.9 Å². The minimum absolute atomic E-state index is 0.188. The van der Waals surface area contributed by atoms with E-state index in [0.717, 1.165) is 0 Å². The van der Waals surface area contributed by atoms with Crippen LogP contribution >= 0.6 is 11.6 Å². The number of carbonyl (C=O) groups excluding carboxylic acids is 2. The Morgan fingerprint density at radius 1 is 1.08 bits per heavy atom. The minimum Gasteiger partial charge on any atom is -0.494 e. The van der Waals surface area contributed by atoms with Gasteiger partial charge in [-0.15, -0.1) is 0 Å². The van der Waals surface area contributed by atoms with Gasteiger partial charge in [0.05, 0.1) is 23.5 Å². The zero-order valence-corrected chi connectivity index (χ0v) is 15.0. The first-order valence-electron chi connectivity index (χ1n) is 7.68. The summed E-state index contributed by atoms with van der Waals surface area (Å²) in [7, 11) is 1.51. The van der Waals surface area contributed by atoms with Gasteiger partial charge in [0.1, 0.15) is 11.8 Å². The fourth-order valence-corrected chi connectivity index (χ4v) is 2.38. The first kappa shape index (κ1) is 18.6. The predicted molar refractivity (Wildman–Crippen MR) is 100 cm³/mol. The van der Waals surface area contributed by atoms with Crippen molar-refractivity contribution in [3.8, 4) is 5.75 Å². The third-order valence-electron chi connectivity index (χ3n) is 3.42. The zero-order valence-electron chi connectivity index (χ0n) is 14.2. The first-order chi connectivity index (χ1) is 11.9. The molecular formula is C18H20ClN3O3. The van der Waals surface area contributed by atoms with Gasteiger partial charge in [0, 0.05) is 18.7 Å². The molecule has 0 aromatic heterocycles. The molecule has 0 saturated heterocycles. The van der Waals surface area contributed by atoms with Crippen LogP contribution in [0.4, 0.5) is 17.1 Å². The van der Waals surface area contributed by atoms with Gasteiger partial charge in [-0.2, -0.15) is 0 Å². The van der Waals surface area contributed by atoms with E-state index in [1.54, 1.807) is 49.4 Å². The number of methoxy groups -OCH3 is 1. The number of halogens is 1. The van der Waals surface area contributed by atoms with E-state index >= 15 is 0 Å². The molecule has 1 unspecified atom stereocenters. The number of para-hydroxylation sites is 1. The number of benzene rings is 2. The average Bonchev–Trinajstić information content (AvgIpc) is 2.57. The Hall–Kier alpha value is -2.73. The number of amides is 2. The maximum atomic E-state index is 12.3. The molecule has 0 radical (unpaired) electrons. The number of rotatable bonds is 6. The van der Waals surface area contributed by atoms with Crippen LogP contribution in [0.2, 0.25) is 5.02 Å². The minimum atomic E-state index is -0.507. The van der Waals surface area contributed by atoms with Gasteiger partial charge >= 0.3 is 0 Å². The Morgan fingerprint density at radius 3 is 2.44 bits per heavy atom. The molecule has 1 atom stereocenters. The Bertz CT molecular complexity index is 780. The van der Waals surface area contributed by atoms with E-state index in [0.29, 0.717) is 27.8 Å². The van der Waals surface area contributed by atoms with Crippen molar-refractivity contribution in [2.24, 2.45) is 0 Å². The molecule has 2 rings (SSSR count). The lowest BCUT2D eigenvalue weighted by atomic mass is 10.2. The molecule has 2 amide bonds. The van der Waals surface area contributed by atoms with Gasteiger partial charge in [-0.05, 0) is 31.2 Å². The second-order valence-corrected chi connectivity index (χ2v) is 5.84. The third kappa shape index (κ3) is 5.12. The molecule has 0 aliphatic carbocycles. The molecule has 0 heterocycles. The molecule has 0 aliphatic heterocycles. The number of anilines is 3. The van der Waals surface area contributed by atoms with E-state index in [1.807, 2.05) is 0 Å². The average molecular weight is 362 g/mol. The summed E-state index contributed by atoms with van der Waals surface area (Å²) in [6.45, 7) is 3.16. The van der Waals surface area contributed by atoms with Crippen LogP contribution in [0.5, 0.6) is 5.75 Å². The van der Waals surface area contributed by atoms with Crippen molar-refractivity contribution in [2.75, 3.05) is 23.1 Å².